The van der Waals surface area contributed by atoms with E-state index in [4.69, 9.17) is 0 Å². The Morgan fingerprint density at radius 2 is 1.81 bits per heavy atom. The molecule has 6 heteroatoms. The predicted molar refractivity (Wildman–Crippen MR) is 111 cm³/mol. The Morgan fingerprint density at radius 1 is 1.11 bits per heavy atom. The fourth-order valence-corrected chi connectivity index (χ4v) is 3.90. The van der Waals surface area contributed by atoms with Gasteiger partial charge >= 0.3 is 0 Å². The van der Waals surface area contributed by atoms with Crippen LogP contribution in [0.4, 0.5) is 5.82 Å². The minimum atomic E-state index is -0.339. The van der Waals surface area contributed by atoms with Gasteiger partial charge in [0.1, 0.15) is 5.82 Å². The van der Waals surface area contributed by atoms with Crippen LogP contribution in [0.1, 0.15) is 24.0 Å². The van der Waals surface area contributed by atoms with Crippen molar-refractivity contribution in [3.05, 3.63) is 58.2 Å². The Labute approximate surface area is 168 Å². The van der Waals surface area contributed by atoms with E-state index in [2.05, 4.69) is 55.2 Å². The first-order valence-corrected chi connectivity index (χ1v) is 10.3. The summed E-state index contributed by atoms with van der Waals surface area (Å²) in [6.45, 7) is 4.67. The zero-order chi connectivity index (χ0) is 18.9. The van der Waals surface area contributed by atoms with Crippen molar-refractivity contribution in [2.75, 3.05) is 38.1 Å². The Balaban J connectivity index is 1.35. The van der Waals surface area contributed by atoms with E-state index >= 15 is 0 Å². The van der Waals surface area contributed by atoms with E-state index in [1.54, 1.807) is 0 Å². The molecule has 0 spiro atoms. The highest BCUT2D eigenvalue weighted by atomic mass is 79.9. The van der Waals surface area contributed by atoms with E-state index < -0.39 is 0 Å². The van der Waals surface area contributed by atoms with Crippen LogP contribution in [0, 0.1) is 0 Å². The summed E-state index contributed by atoms with van der Waals surface area (Å²) in [5.74, 6) is 1.14. The number of hydrogen-bond donors (Lipinski definition) is 1. The first-order chi connectivity index (χ1) is 13.1. The first kappa shape index (κ1) is 18.4. The van der Waals surface area contributed by atoms with Crippen molar-refractivity contribution in [2.24, 2.45) is 0 Å². The fraction of sp³-hybridized carbons (Fsp3) is 0.429. The van der Waals surface area contributed by atoms with E-state index in [9.17, 15) is 4.79 Å². The number of hydrogen-bond acceptors (Lipinski definition) is 4. The third-order valence-electron chi connectivity index (χ3n) is 5.67. The lowest BCUT2D eigenvalue weighted by Gasteiger charge is -2.33. The van der Waals surface area contributed by atoms with Gasteiger partial charge in [0.15, 0.2) is 0 Å². The first-order valence-electron chi connectivity index (χ1n) is 9.50. The maximum absolute atomic E-state index is 12.8. The molecular formula is C21H25BrN4O. The summed E-state index contributed by atoms with van der Waals surface area (Å²) in [6.07, 6.45) is 3.72. The molecular weight excluding hydrogens is 404 g/mol. The lowest BCUT2D eigenvalue weighted by molar-refractivity contribution is -0.123. The van der Waals surface area contributed by atoms with Gasteiger partial charge in [-0.25, -0.2) is 4.98 Å². The Morgan fingerprint density at radius 3 is 2.41 bits per heavy atom. The van der Waals surface area contributed by atoms with Gasteiger partial charge in [0.25, 0.3) is 0 Å². The minimum absolute atomic E-state index is 0.118. The van der Waals surface area contributed by atoms with Crippen LogP contribution in [0.3, 0.4) is 0 Å². The molecule has 2 aromatic rings. The third-order valence-corrected chi connectivity index (χ3v) is 6.20. The Bertz CT molecular complexity index is 794. The van der Waals surface area contributed by atoms with E-state index in [0.717, 1.165) is 60.4 Å². The normalized spacial score (nSPS) is 19.0. The molecule has 1 aromatic heterocycles. The maximum Gasteiger partial charge on any atom is 0.230 e. The van der Waals surface area contributed by atoms with Crippen LogP contribution >= 0.6 is 15.9 Å². The molecule has 1 aliphatic carbocycles. The number of rotatable bonds is 5. The summed E-state index contributed by atoms with van der Waals surface area (Å²) in [5, 5.41) is 3.11. The summed E-state index contributed by atoms with van der Waals surface area (Å²) >= 11 is 3.46. The second kappa shape index (κ2) is 7.60. The van der Waals surface area contributed by atoms with Crippen molar-refractivity contribution < 1.29 is 4.79 Å². The van der Waals surface area contributed by atoms with Gasteiger partial charge in [0, 0.05) is 43.4 Å². The smallest absolute Gasteiger partial charge is 0.230 e. The SMILES string of the molecule is CN1CCN(c2ccc(CNC(=O)C3(c4ccc(Br)cc4)CC3)cn2)CC1. The second-order valence-electron chi connectivity index (χ2n) is 7.59. The summed E-state index contributed by atoms with van der Waals surface area (Å²) in [7, 11) is 2.15. The number of piperazine rings is 1. The topological polar surface area (TPSA) is 48.5 Å². The fourth-order valence-electron chi connectivity index (χ4n) is 3.64. The molecule has 2 aliphatic rings. The largest absolute Gasteiger partial charge is 0.354 e. The van der Waals surface area contributed by atoms with Gasteiger partial charge in [-0.2, -0.15) is 0 Å². The third kappa shape index (κ3) is 4.01. The van der Waals surface area contributed by atoms with E-state index in [0.29, 0.717) is 6.54 Å². The molecule has 0 unspecified atom stereocenters. The van der Waals surface area contributed by atoms with Crippen LogP contribution in [0.2, 0.25) is 0 Å². The number of carbonyl (C=O) groups is 1. The molecule has 1 saturated heterocycles. The molecule has 0 radical (unpaired) electrons. The van der Waals surface area contributed by atoms with Crippen molar-refractivity contribution in [3.8, 4) is 0 Å². The molecule has 142 valence electrons. The molecule has 4 rings (SSSR count). The quantitative estimate of drug-likeness (QED) is 0.794. The summed E-state index contributed by atoms with van der Waals surface area (Å²) in [4.78, 5) is 22.0. The molecule has 5 nitrogen and oxygen atoms in total. The standard InChI is InChI=1S/C21H25BrN4O/c1-25-10-12-26(13-11-25)19-7-2-16(14-23-19)15-24-20(27)21(8-9-21)17-3-5-18(22)6-4-17/h2-7,14H,8-13,15H2,1H3,(H,24,27). The number of likely N-dealkylation sites (N-methyl/N-ethyl adjacent to an activating group) is 1. The number of benzene rings is 1. The number of aromatic nitrogens is 1. The van der Waals surface area contributed by atoms with Crippen molar-refractivity contribution in [1.82, 2.24) is 15.2 Å². The molecule has 27 heavy (non-hydrogen) atoms. The zero-order valence-corrected chi connectivity index (χ0v) is 17.2. The number of amides is 1. The molecule has 1 aliphatic heterocycles. The molecule has 1 aromatic carbocycles. The van der Waals surface area contributed by atoms with E-state index in [-0.39, 0.29) is 11.3 Å². The average molecular weight is 429 g/mol. The molecule has 0 atom stereocenters. The lowest BCUT2D eigenvalue weighted by atomic mass is 9.95. The van der Waals surface area contributed by atoms with Gasteiger partial charge < -0.3 is 15.1 Å². The van der Waals surface area contributed by atoms with Crippen molar-refractivity contribution >= 4 is 27.7 Å². The highest BCUT2D eigenvalue weighted by Gasteiger charge is 2.51. The maximum atomic E-state index is 12.8. The van der Waals surface area contributed by atoms with Gasteiger partial charge in [-0.15, -0.1) is 0 Å². The molecule has 1 saturated carbocycles. The van der Waals surface area contributed by atoms with Crippen LogP contribution in [-0.4, -0.2) is 49.0 Å². The molecule has 2 fully saturated rings. The Kier molecular flexibility index (Phi) is 5.19. The highest BCUT2D eigenvalue weighted by molar-refractivity contribution is 9.10. The zero-order valence-electron chi connectivity index (χ0n) is 15.6. The van der Waals surface area contributed by atoms with Gasteiger partial charge in [-0.3, -0.25) is 4.79 Å². The van der Waals surface area contributed by atoms with Gasteiger partial charge in [-0.05, 0) is 49.2 Å². The van der Waals surface area contributed by atoms with Crippen LogP contribution in [0.25, 0.3) is 0 Å². The van der Waals surface area contributed by atoms with Gasteiger partial charge in [0.05, 0.1) is 5.41 Å². The van der Waals surface area contributed by atoms with E-state index in [1.165, 1.54) is 0 Å². The monoisotopic (exact) mass is 428 g/mol. The van der Waals surface area contributed by atoms with Crippen molar-refractivity contribution in [3.63, 3.8) is 0 Å². The molecule has 1 N–H and O–H groups in total. The van der Waals surface area contributed by atoms with E-state index in [1.807, 2.05) is 30.5 Å². The number of carbonyl (C=O) groups excluding carboxylic acids is 1. The van der Waals surface area contributed by atoms with Crippen LogP contribution in [0.5, 0.6) is 0 Å². The highest BCUT2D eigenvalue weighted by Crippen LogP contribution is 2.48. The number of pyridine rings is 1. The van der Waals surface area contributed by atoms with Gasteiger partial charge in [0.2, 0.25) is 5.91 Å². The predicted octanol–water partition coefficient (Wildman–Crippen LogP) is 2.94. The second-order valence-corrected chi connectivity index (χ2v) is 8.50. The molecule has 0 bridgehead atoms. The van der Waals surface area contributed by atoms with Gasteiger partial charge in [-0.1, -0.05) is 34.1 Å². The number of anilines is 1. The van der Waals surface area contributed by atoms with Crippen LogP contribution < -0.4 is 10.2 Å². The molecule has 2 heterocycles. The Hall–Kier alpha value is -1.92. The summed E-state index contributed by atoms with van der Waals surface area (Å²) in [5.41, 5.74) is 1.80. The molecule has 1 amide bonds. The minimum Gasteiger partial charge on any atom is -0.354 e. The summed E-state index contributed by atoms with van der Waals surface area (Å²) < 4.78 is 1.04. The number of nitrogens with zero attached hydrogens (tertiary/aromatic N) is 3. The van der Waals surface area contributed by atoms with Crippen LogP contribution in [-0.2, 0) is 16.8 Å². The number of halogens is 1. The van der Waals surface area contributed by atoms with Crippen molar-refractivity contribution in [1.29, 1.82) is 0 Å². The van der Waals surface area contributed by atoms with Crippen molar-refractivity contribution in [2.45, 2.75) is 24.8 Å². The lowest BCUT2D eigenvalue weighted by Crippen LogP contribution is -2.44. The summed E-state index contributed by atoms with van der Waals surface area (Å²) in [6, 6.07) is 12.2. The average Bonchev–Trinajstić information content (AvgIpc) is 3.50. The number of nitrogens with one attached hydrogen (secondary N) is 1. The van der Waals surface area contributed by atoms with Crippen LogP contribution in [0.15, 0.2) is 47.1 Å².